The third kappa shape index (κ3) is 9.38. The molecule has 0 aliphatic carbocycles. The fourth-order valence-corrected chi connectivity index (χ4v) is 8.64. The Morgan fingerprint density at radius 3 is 1.91 bits per heavy atom. The van der Waals surface area contributed by atoms with Gasteiger partial charge in [-0.25, -0.2) is 0 Å². The second-order valence-corrected chi connectivity index (χ2v) is 19.9. The summed E-state index contributed by atoms with van der Waals surface area (Å²) in [5, 5.41) is 0. The summed E-state index contributed by atoms with van der Waals surface area (Å²) in [5.74, 6) is -1.23. The van der Waals surface area contributed by atoms with E-state index in [-0.39, 0.29) is 22.9 Å². The maximum atomic E-state index is 12.0. The first-order valence-electron chi connectivity index (χ1n) is 16.6. The highest BCUT2D eigenvalue weighted by Crippen LogP contribution is 2.48. The van der Waals surface area contributed by atoms with E-state index in [2.05, 4.69) is 4.98 Å². The number of rotatable bonds is 13. The minimum absolute atomic E-state index is 0.160. The molecule has 0 unspecified atom stereocenters. The summed E-state index contributed by atoms with van der Waals surface area (Å²) in [7, 11) is -17.8. The molecule has 0 fully saturated rings. The monoisotopic (exact) mass is 834 g/mol. The summed E-state index contributed by atoms with van der Waals surface area (Å²) >= 11 is 0. The summed E-state index contributed by atoms with van der Waals surface area (Å²) in [6, 6.07) is 11.5. The van der Waals surface area contributed by atoms with Gasteiger partial charge in [0.1, 0.15) is 5.75 Å². The third-order valence-corrected chi connectivity index (χ3v) is 12.6. The Bertz CT molecular complexity index is 2640. The molecule has 0 saturated heterocycles. The molecule has 0 saturated carbocycles. The van der Waals surface area contributed by atoms with Gasteiger partial charge < -0.3 is 4.90 Å². The molecule has 0 spiro atoms. The molecule has 0 atom stereocenters. The fraction of sp³-hybridized carbons (Fsp3) is 0.278. The number of anilines is 1. The van der Waals surface area contributed by atoms with Gasteiger partial charge in [0.2, 0.25) is 5.69 Å². The largest absolute Gasteiger partial charge is 0.343 e. The van der Waals surface area contributed by atoms with Crippen LogP contribution in [0, 0.1) is 0 Å². The van der Waals surface area contributed by atoms with Crippen molar-refractivity contribution in [3.05, 3.63) is 120 Å². The lowest BCUT2D eigenvalue weighted by molar-refractivity contribution is -0.432. The normalized spacial score (nSPS) is 18.1. The molecule has 5 rings (SSSR count). The average molecular weight is 835 g/mol. The van der Waals surface area contributed by atoms with Crippen LogP contribution in [0.4, 0.5) is 11.4 Å². The summed E-state index contributed by atoms with van der Waals surface area (Å²) in [6.45, 7) is 6.90. The van der Waals surface area contributed by atoms with Gasteiger partial charge in [0.25, 0.3) is 40.5 Å². The van der Waals surface area contributed by atoms with Crippen molar-refractivity contribution in [3.8, 4) is 0 Å². The van der Waals surface area contributed by atoms with Gasteiger partial charge >= 0.3 is 0 Å². The number of hydrogen-bond donors (Lipinski definition) is 4. The molecule has 2 aliphatic rings. The molecule has 2 aromatic carbocycles. The molecular formula is C36H40N3O12S4+. The lowest BCUT2D eigenvalue weighted by atomic mass is 9.81. The lowest BCUT2D eigenvalue weighted by Gasteiger charge is -2.26. The van der Waals surface area contributed by atoms with Crippen LogP contribution in [0.15, 0.2) is 113 Å². The number of hydrogen-bond acceptors (Lipinski definition) is 10. The molecule has 55 heavy (non-hydrogen) atoms. The van der Waals surface area contributed by atoms with Gasteiger partial charge in [-0.15, -0.1) is 0 Å². The number of pyridine rings is 1. The number of benzene rings is 2. The van der Waals surface area contributed by atoms with E-state index >= 15 is 0 Å². The summed E-state index contributed by atoms with van der Waals surface area (Å²) in [6.07, 6.45) is 13.6. The number of nitrogens with zero attached hydrogens (tertiary/aromatic N) is 3. The second kappa shape index (κ2) is 15.0. The molecular weight excluding hydrogens is 795 g/mol. The average Bonchev–Trinajstić information content (AvgIpc) is 3.42. The molecule has 15 nitrogen and oxygen atoms in total. The summed E-state index contributed by atoms with van der Waals surface area (Å²) < 4.78 is 135. The van der Waals surface area contributed by atoms with Crippen molar-refractivity contribution in [2.75, 3.05) is 29.5 Å². The molecule has 3 aromatic rings. The Balaban J connectivity index is 1.58. The minimum atomic E-state index is -4.55. The highest BCUT2D eigenvalue weighted by atomic mass is 32.2. The Kier molecular flexibility index (Phi) is 11.4. The Morgan fingerprint density at radius 2 is 1.33 bits per heavy atom. The smallest absolute Gasteiger partial charge is 0.294 e. The van der Waals surface area contributed by atoms with Crippen molar-refractivity contribution in [2.24, 2.45) is 0 Å². The van der Waals surface area contributed by atoms with Crippen LogP contribution in [0.1, 0.15) is 44.4 Å². The molecule has 294 valence electrons. The zero-order valence-corrected chi connectivity index (χ0v) is 33.4. The molecule has 0 radical (unpaired) electrons. The predicted molar refractivity (Wildman–Crippen MR) is 207 cm³/mol. The molecule has 0 amide bonds. The van der Waals surface area contributed by atoms with Crippen molar-refractivity contribution in [3.63, 3.8) is 0 Å². The van der Waals surface area contributed by atoms with Crippen LogP contribution in [-0.4, -0.2) is 91.7 Å². The first-order chi connectivity index (χ1) is 25.3. The van der Waals surface area contributed by atoms with Crippen molar-refractivity contribution in [1.82, 2.24) is 4.98 Å². The van der Waals surface area contributed by atoms with Crippen molar-refractivity contribution in [1.29, 1.82) is 0 Å². The molecule has 0 bridgehead atoms. The highest BCUT2D eigenvalue weighted by Gasteiger charge is 2.45. The van der Waals surface area contributed by atoms with E-state index in [0.717, 1.165) is 5.56 Å². The van der Waals surface area contributed by atoms with Crippen molar-refractivity contribution in [2.45, 2.75) is 48.3 Å². The van der Waals surface area contributed by atoms with E-state index in [4.69, 9.17) is 0 Å². The molecule has 19 heteroatoms. The van der Waals surface area contributed by atoms with Gasteiger partial charge in [0.15, 0.2) is 12.3 Å². The van der Waals surface area contributed by atoms with Crippen LogP contribution in [-0.2, 0) is 51.3 Å². The molecule has 1 aromatic heterocycles. The SMILES string of the molecule is CC1(C)C(/C=C/C=C(/C=C/C=C2/N(CCS(=O)(=O)O)c3ccc(S(=O)(=O)O)cc3C2(C)C)c2ccncc2)=[N+](CCS(=O)(=O)O)c2ccc(S(=O)(=O)O)cc21. The van der Waals surface area contributed by atoms with E-state index in [1.807, 2.05) is 0 Å². The Hall–Kier alpha value is -4.34. The van der Waals surface area contributed by atoms with E-state index < -0.39 is 62.8 Å². The van der Waals surface area contributed by atoms with Gasteiger partial charge in [-0.3, -0.25) is 23.2 Å². The summed E-state index contributed by atoms with van der Waals surface area (Å²) in [5.41, 5.74) is 2.76. The number of aromatic nitrogens is 1. The number of allylic oxidation sites excluding steroid dienone is 8. The molecule has 4 N–H and O–H groups in total. The Labute approximate surface area is 320 Å². The minimum Gasteiger partial charge on any atom is -0.343 e. The van der Waals surface area contributed by atoms with Gasteiger partial charge in [-0.2, -0.15) is 38.2 Å². The van der Waals surface area contributed by atoms with Gasteiger partial charge in [0.05, 0.1) is 21.0 Å². The van der Waals surface area contributed by atoms with Crippen LogP contribution in [0.2, 0.25) is 0 Å². The maximum absolute atomic E-state index is 12.0. The zero-order valence-electron chi connectivity index (χ0n) is 30.1. The van der Waals surface area contributed by atoms with Gasteiger partial charge in [-0.05, 0) is 79.1 Å². The first-order valence-corrected chi connectivity index (χ1v) is 22.6. The lowest BCUT2D eigenvalue weighted by Crippen LogP contribution is -2.30. The maximum Gasteiger partial charge on any atom is 0.294 e. The van der Waals surface area contributed by atoms with Crippen LogP contribution in [0.25, 0.3) is 5.57 Å². The fourth-order valence-electron chi connectivity index (χ4n) is 6.80. The van der Waals surface area contributed by atoms with E-state index in [9.17, 15) is 51.9 Å². The van der Waals surface area contributed by atoms with Crippen molar-refractivity contribution < 1.29 is 56.5 Å². The Morgan fingerprint density at radius 1 is 0.745 bits per heavy atom. The van der Waals surface area contributed by atoms with E-state index in [1.165, 1.54) is 36.4 Å². The van der Waals surface area contributed by atoms with Crippen LogP contribution >= 0.6 is 0 Å². The van der Waals surface area contributed by atoms with Crippen LogP contribution in [0.3, 0.4) is 0 Å². The van der Waals surface area contributed by atoms with Crippen molar-refractivity contribution >= 4 is 63.1 Å². The quantitative estimate of drug-likeness (QED) is 0.105. The third-order valence-electron chi connectivity index (χ3n) is 9.54. The van der Waals surface area contributed by atoms with E-state index in [0.29, 0.717) is 39.5 Å². The topological polar surface area (TPSA) is 237 Å². The standard InChI is InChI=1S/C36H39N3O12S4/c1-35(2)29-23-27(54(46,47)48)11-13-31(29)38(19-21-52(40,41)42)33(35)9-5-7-25(26-15-17-37-18-16-26)8-6-10-34-36(3,4)30-24-28(55(49,50)51)12-14-32(30)39(34)20-22-53(43,44)45/h5-18,23-24H,19-22H2,1-4H3,(H3-,40,41,42,43,44,45,46,47,48,49,50,51)/p+1. The van der Waals surface area contributed by atoms with Gasteiger partial charge in [-0.1, -0.05) is 38.2 Å². The van der Waals surface area contributed by atoms with Crippen LogP contribution < -0.4 is 4.90 Å². The van der Waals surface area contributed by atoms with Gasteiger partial charge in [0, 0.05) is 53.4 Å². The second-order valence-electron chi connectivity index (χ2n) is 13.9. The van der Waals surface area contributed by atoms with Crippen LogP contribution in [0.5, 0.6) is 0 Å². The predicted octanol–water partition coefficient (Wildman–Crippen LogP) is 4.60. The molecule has 3 heterocycles. The highest BCUT2D eigenvalue weighted by molar-refractivity contribution is 7.86. The van der Waals surface area contributed by atoms with E-state index in [1.54, 1.807) is 98.2 Å². The zero-order chi connectivity index (χ0) is 40.8. The summed E-state index contributed by atoms with van der Waals surface area (Å²) in [4.78, 5) is 5.08. The first kappa shape index (κ1) is 41.8. The number of fused-ring (bicyclic) bond motifs is 2. The molecule has 2 aliphatic heterocycles.